The molecular formula is C25H34N2O6. The number of carbonyl (C=O) groups excluding carboxylic acids is 2. The Hall–Kier alpha value is -2.77. The van der Waals surface area contributed by atoms with Gasteiger partial charge in [-0.3, -0.25) is 9.59 Å². The van der Waals surface area contributed by atoms with E-state index in [4.69, 9.17) is 9.47 Å². The van der Waals surface area contributed by atoms with E-state index >= 15 is 0 Å². The van der Waals surface area contributed by atoms with E-state index in [1.807, 2.05) is 0 Å². The van der Waals surface area contributed by atoms with Crippen molar-refractivity contribution < 1.29 is 29.0 Å². The van der Waals surface area contributed by atoms with Gasteiger partial charge in [-0.2, -0.15) is 0 Å². The van der Waals surface area contributed by atoms with Crippen molar-refractivity contribution in [1.29, 1.82) is 0 Å². The van der Waals surface area contributed by atoms with Gasteiger partial charge in [0.25, 0.3) is 5.91 Å². The molecule has 4 aliphatic carbocycles. The molecule has 33 heavy (non-hydrogen) atoms. The Balaban J connectivity index is 1.26. The third kappa shape index (κ3) is 5.25. The smallest absolute Gasteiger partial charge is 0.407 e. The first kappa shape index (κ1) is 23.4. The van der Waals surface area contributed by atoms with E-state index in [2.05, 4.69) is 10.6 Å². The number of hydrogen-bond acceptors (Lipinski definition) is 5. The first-order chi connectivity index (χ1) is 15.5. The highest BCUT2D eigenvalue weighted by Crippen LogP contribution is 2.60. The summed E-state index contributed by atoms with van der Waals surface area (Å²) in [5.41, 5.74) is -0.600. The maximum absolute atomic E-state index is 12.4. The summed E-state index contributed by atoms with van der Waals surface area (Å²) >= 11 is 0. The zero-order valence-corrected chi connectivity index (χ0v) is 19.6. The fourth-order valence-corrected chi connectivity index (χ4v) is 6.03. The van der Waals surface area contributed by atoms with Crippen LogP contribution >= 0.6 is 0 Å². The summed E-state index contributed by atoms with van der Waals surface area (Å²) in [6.07, 6.45) is 3.86. The molecule has 0 radical (unpaired) electrons. The number of ether oxygens (including phenoxy) is 2. The standard InChI is InChI=1S/C25H34N2O6/c1-24(2,3)33-23(31)27-9-8-26-21(28)16-4-6-19(7-5-16)32-20-17-10-15-11-18(20)14-25(12-15,13-17)22(29)30/h4-7,15,17-18,20H,8-14H2,1-3H3,(H,26,28)(H,27,31)(H,29,30). The van der Waals surface area contributed by atoms with Crippen molar-refractivity contribution >= 4 is 18.0 Å². The zero-order valence-electron chi connectivity index (χ0n) is 19.6. The van der Waals surface area contributed by atoms with Crippen molar-refractivity contribution in [3.63, 3.8) is 0 Å². The molecule has 4 aliphatic rings. The molecule has 180 valence electrons. The number of aliphatic carboxylic acids is 1. The molecule has 0 aliphatic heterocycles. The van der Waals surface area contributed by atoms with Crippen LogP contribution in [0.2, 0.25) is 0 Å². The molecule has 5 rings (SSSR count). The molecule has 4 saturated carbocycles. The number of rotatable bonds is 7. The van der Waals surface area contributed by atoms with Crippen molar-refractivity contribution in [3.8, 4) is 5.75 Å². The quantitative estimate of drug-likeness (QED) is 0.538. The summed E-state index contributed by atoms with van der Waals surface area (Å²) in [4.78, 5) is 35.9. The molecule has 0 aromatic heterocycles. The van der Waals surface area contributed by atoms with E-state index in [9.17, 15) is 19.5 Å². The number of benzene rings is 1. The average molecular weight is 459 g/mol. The second-order valence-corrected chi connectivity index (χ2v) is 10.8. The predicted molar refractivity (Wildman–Crippen MR) is 121 cm³/mol. The van der Waals surface area contributed by atoms with Crippen LogP contribution in [0.3, 0.4) is 0 Å². The Morgan fingerprint density at radius 2 is 1.61 bits per heavy atom. The summed E-state index contributed by atoms with van der Waals surface area (Å²) in [6.45, 7) is 5.92. The monoisotopic (exact) mass is 458 g/mol. The fraction of sp³-hybridized carbons (Fsp3) is 0.640. The molecule has 0 saturated heterocycles. The van der Waals surface area contributed by atoms with Gasteiger partial charge in [0.1, 0.15) is 17.5 Å². The van der Waals surface area contributed by atoms with Crippen LogP contribution in [0.5, 0.6) is 5.75 Å². The lowest BCUT2D eigenvalue weighted by molar-refractivity contribution is -0.175. The molecule has 2 atom stereocenters. The maximum atomic E-state index is 12.4. The molecule has 2 unspecified atom stereocenters. The number of amides is 2. The lowest BCUT2D eigenvalue weighted by Gasteiger charge is -2.57. The van der Waals surface area contributed by atoms with Gasteiger partial charge in [-0.1, -0.05) is 0 Å². The molecule has 0 heterocycles. The van der Waals surface area contributed by atoms with Gasteiger partial charge in [-0.25, -0.2) is 4.79 Å². The molecule has 2 amide bonds. The van der Waals surface area contributed by atoms with Crippen LogP contribution in [-0.2, 0) is 9.53 Å². The van der Waals surface area contributed by atoms with Crippen molar-refractivity contribution in [2.24, 2.45) is 23.2 Å². The Labute approximate surface area is 194 Å². The lowest BCUT2D eigenvalue weighted by Crippen LogP contribution is -2.57. The molecule has 4 bridgehead atoms. The summed E-state index contributed by atoms with van der Waals surface area (Å²) in [6, 6.07) is 7.04. The number of alkyl carbamates (subject to hydrolysis) is 1. The molecule has 3 N–H and O–H groups in total. The van der Waals surface area contributed by atoms with Gasteiger partial charge in [0.15, 0.2) is 0 Å². The summed E-state index contributed by atoms with van der Waals surface area (Å²) in [5, 5.41) is 15.2. The highest BCUT2D eigenvalue weighted by Gasteiger charge is 2.59. The zero-order chi connectivity index (χ0) is 23.8. The van der Waals surface area contributed by atoms with E-state index in [0.717, 1.165) is 19.3 Å². The van der Waals surface area contributed by atoms with E-state index < -0.39 is 23.1 Å². The van der Waals surface area contributed by atoms with Crippen molar-refractivity contribution in [2.45, 2.75) is 64.6 Å². The fourth-order valence-electron chi connectivity index (χ4n) is 6.03. The molecule has 8 nitrogen and oxygen atoms in total. The second-order valence-electron chi connectivity index (χ2n) is 10.8. The average Bonchev–Trinajstić information content (AvgIpc) is 2.72. The van der Waals surface area contributed by atoms with Crippen molar-refractivity contribution in [3.05, 3.63) is 29.8 Å². The van der Waals surface area contributed by atoms with Gasteiger partial charge >= 0.3 is 12.1 Å². The van der Waals surface area contributed by atoms with Gasteiger partial charge in [-0.15, -0.1) is 0 Å². The summed E-state index contributed by atoms with van der Waals surface area (Å²) < 4.78 is 11.5. The summed E-state index contributed by atoms with van der Waals surface area (Å²) in [5.74, 6) is 0.914. The van der Waals surface area contributed by atoms with Gasteiger partial charge in [0.2, 0.25) is 0 Å². The Bertz CT molecular complexity index is 890. The SMILES string of the molecule is CC(C)(C)OC(=O)NCCNC(=O)c1ccc(OC2C3CC4CC2CC(C(=O)O)(C4)C3)cc1. The van der Waals surface area contributed by atoms with E-state index in [1.54, 1.807) is 45.0 Å². The van der Waals surface area contributed by atoms with Crippen molar-refractivity contribution in [1.82, 2.24) is 10.6 Å². The van der Waals surface area contributed by atoms with Crippen LogP contribution < -0.4 is 15.4 Å². The molecule has 1 aromatic carbocycles. The number of hydrogen-bond donors (Lipinski definition) is 3. The number of carbonyl (C=O) groups is 3. The molecule has 4 fully saturated rings. The maximum Gasteiger partial charge on any atom is 0.407 e. The van der Waals surface area contributed by atoms with E-state index in [0.29, 0.717) is 30.1 Å². The second kappa shape index (κ2) is 8.88. The van der Waals surface area contributed by atoms with E-state index in [1.165, 1.54) is 0 Å². The first-order valence-electron chi connectivity index (χ1n) is 11.8. The topological polar surface area (TPSA) is 114 Å². The molecule has 0 spiro atoms. The van der Waals surface area contributed by atoms with Crippen LogP contribution in [-0.4, -0.2) is 47.9 Å². The third-order valence-corrected chi connectivity index (χ3v) is 7.11. The Morgan fingerprint density at radius 3 is 2.18 bits per heavy atom. The van der Waals surface area contributed by atoms with Gasteiger partial charge < -0.3 is 25.2 Å². The molecule has 8 heteroatoms. The van der Waals surface area contributed by atoms with Crippen LogP contribution in [0.4, 0.5) is 4.79 Å². The Kier molecular flexibility index (Phi) is 6.29. The summed E-state index contributed by atoms with van der Waals surface area (Å²) in [7, 11) is 0. The van der Waals surface area contributed by atoms with Crippen LogP contribution in [0.15, 0.2) is 24.3 Å². The number of nitrogens with one attached hydrogen (secondary N) is 2. The van der Waals surface area contributed by atoms with Crippen LogP contribution in [0.25, 0.3) is 0 Å². The molecule has 1 aromatic rings. The number of carboxylic acid groups (broad SMARTS) is 1. The number of carboxylic acids is 1. The van der Waals surface area contributed by atoms with Gasteiger partial charge in [-0.05, 0) is 94.9 Å². The predicted octanol–water partition coefficient (Wildman–Crippen LogP) is 3.60. The highest BCUT2D eigenvalue weighted by atomic mass is 16.6. The minimum absolute atomic E-state index is 0.0487. The normalized spacial score (nSPS) is 29.9. The minimum Gasteiger partial charge on any atom is -0.490 e. The van der Waals surface area contributed by atoms with Gasteiger partial charge in [0, 0.05) is 18.7 Å². The lowest BCUT2D eigenvalue weighted by atomic mass is 9.48. The third-order valence-electron chi connectivity index (χ3n) is 7.11. The van der Waals surface area contributed by atoms with E-state index in [-0.39, 0.29) is 36.9 Å². The Morgan fingerprint density at radius 1 is 1.00 bits per heavy atom. The molecular weight excluding hydrogens is 424 g/mol. The highest BCUT2D eigenvalue weighted by molar-refractivity contribution is 5.94. The van der Waals surface area contributed by atoms with Crippen LogP contribution in [0.1, 0.15) is 63.2 Å². The van der Waals surface area contributed by atoms with Crippen molar-refractivity contribution in [2.75, 3.05) is 13.1 Å². The van der Waals surface area contributed by atoms with Gasteiger partial charge in [0.05, 0.1) is 5.41 Å². The van der Waals surface area contributed by atoms with Crippen LogP contribution in [0, 0.1) is 23.2 Å². The first-order valence-corrected chi connectivity index (χ1v) is 11.8. The largest absolute Gasteiger partial charge is 0.490 e. The minimum atomic E-state index is -0.642.